The Morgan fingerprint density at radius 3 is 2.78 bits per heavy atom. The average molecular weight is 266 g/mol. The van der Waals surface area contributed by atoms with E-state index >= 15 is 0 Å². The van der Waals surface area contributed by atoms with Gasteiger partial charge >= 0.3 is 0 Å². The van der Waals surface area contributed by atoms with Gasteiger partial charge in [-0.15, -0.1) is 0 Å². The molecular formula is C11H14N4O2S. The van der Waals surface area contributed by atoms with Crippen LogP contribution < -0.4 is 5.32 Å². The summed E-state index contributed by atoms with van der Waals surface area (Å²) in [6.07, 6.45) is 4.99. The molecule has 0 radical (unpaired) electrons. The first-order valence-electron chi connectivity index (χ1n) is 5.54. The molecule has 96 valence electrons. The molecule has 2 heterocycles. The van der Waals surface area contributed by atoms with Crippen LogP contribution in [0.1, 0.15) is 6.42 Å². The van der Waals surface area contributed by atoms with Crippen molar-refractivity contribution < 1.29 is 8.42 Å². The molecule has 2 aromatic rings. The molecule has 0 saturated heterocycles. The van der Waals surface area contributed by atoms with E-state index in [4.69, 9.17) is 0 Å². The Bertz CT molecular complexity index is 642. The summed E-state index contributed by atoms with van der Waals surface area (Å²) in [4.78, 5) is 12.5. The summed E-state index contributed by atoms with van der Waals surface area (Å²) in [5, 5.41) is 3.07. The Labute approximate surface area is 105 Å². The highest BCUT2D eigenvalue weighted by Crippen LogP contribution is 2.09. The number of rotatable bonds is 5. The van der Waals surface area contributed by atoms with Crippen LogP contribution in [-0.4, -0.2) is 41.9 Å². The van der Waals surface area contributed by atoms with E-state index in [-0.39, 0.29) is 5.75 Å². The van der Waals surface area contributed by atoms with Gasteiger partial charge in [-0.3, -0.25) is 4.98 Å². The molecule has 0 atom stereocenters. The molecule has 0 saturated carbocycles. The molecule has 7 heteroatoms. The minimum atomic E-state index is -2.90. The highest BCUT2D eigenvalue weighted by Gasteiger charge is 2.02. The molecule has 6 nitrogen and oxygen atoms in total. The zero-order valence-corrected chi connectivity index (χ0v) is 10.8. The molecule has 0 amide bonds. The van der Waals surface area contributed by atoms with Crippen molar-refractivity contribution in [3.8, 4) is 0 Å². The Kier molecular flexibility index (Phi) is 3.71. The predicted octanol–water partition coefficient (Wildman–Crippen LogP) is 0.871. The van der Waals surface area contributed by atoms with Gasteiger partial charge in [0.05, 0.1) is 5.75 Å². The molecule has 2 rings (SSSR count). The smallest absolute Gasteiger partial charge is 0.180 e. The second kappa shape index (κ2) is 5.26. The van der Waals surface area contributed by atoms with Crippen LogP contribution >= 0.6 is 0 Å². The molecule has 0 aromatic carbocycles. The first-order chi connectivity index (χ1) is 8.54. The van der Waals surface area contributed by atoms with Crippen LogP contribution in [-0.2, 0) is 9.84 Å². The molecule has 0 spiro atoms. The molecule has 0 aliphatic rings. The minimum Gasteiger partial charge on any atom is -0.370 e. The zero-order chi connectivity index (χ0) is 13.0. The second-order valence-electron chi connectivity index (χ2n) is 4.01. The molecule has 0 unspecified atom stereocenters. The quantitative estimate of drug-likeness (QED) is 0.808. The van der Waals surface area contributed by atoms with E-state index in [1.807, 2.05) is 6.07 Å². The number of hydrogen-bond acceptors (Lipinski definition) is 6. The van der Waals surface area contributed by atoms with Crippen molar-refractivity contribution in [3.63, 3.8) is 0 Å². The Morgan fingerprint density at radius 2 is 2.00 bits per heavy atom. The van der Waals surface area contributed by atoms with Crippen LogP contribution in [0.5, 0.6) is 0 Å². The van der Waals surface area contributed by atoms with Crippen molar-refractivity contribution in [1.82, 2.24) is 15.0 Å². The summed E-state index contributed by atoms with van der Waals surface area (Å²) in [6, 6.07) is 3.63. The van der Waals surface area contributed by atoms with Gasteiger partial charge in [0.25, 0.3) is 0 Å². The molecule has 0 fully saturated rings. The number of sulfone groups is 1. The van der Waals surface area contributed by atoms with Crippen LogP contribution in [0.25, 0.3) is 11.2 Å². The van der Waals surface area contributed by atoms with E-state index in [0.29, 0.717) is 24.4 Å². The summed E-state index contributed by atoms with van der Waals surface area (Å²) in [6.45, 7) is 0.561. The van der Waals surface area contributed by atoms with Crippen LogP contribution in [0, 0.1) is 0 Å². The fraction of sp³-hybridized carbons (Fsp3) is 0.364. The van der Waals surface area contributed by atoms with Crippen molar-refractivity contribution in [3.05, 3.63) is 24.5 Å². The highest BCUT2D eigenvalue weighted by molar-refractivity contribution is 7.90. The lowest BCUT2D eigenvalue weighted by Gasteiger charge is -2.05. The van der Waals surface area contributed by atoms with Crippen LogP contribution in [0.15, 0.2) is 24.5 Å². The van der Waals surface area contributed by atoms with Gasteiger partial charge in [0.15, 0.2) is 5.65 Å². The van der Waals surface area contributed by atoms with Gasteiger partial charge in [-0.25, -0.2) is 18.4 Å². The lowest BCUT2D eigenvalue weighted by molar-refractivity contribution is 0.600. The number of anilines is 1. The molecule has 0 aliphatic heterocycles. The lowest BCUT2D eigenvalue weighted by Crippen LogP contribution is -2.10. The van der Waals surface area contributed by atoms with Crippen LogP contribution in [0.4, 0.5) is 5.82 Å². The maximum atomic E-state index is 11.0. The summed E-state index contributed by atoms with van der Waals surface area (Å²) in [7, 11) is -2.90. The number of fused-ring (bicyclic) bond motifs is 1. The zero-order valence-electron chi connectivity index (χ0n) is 10.00. The minimum absolute atomic E-state index is 0.174. The molecular weight excluding hydrogens is 252 g/mol. The molecule has 2 aromatic heterocycles. The van der Waals surface area contributed by atoms with Crippen molar-refractivity contribution in [2.45, 2.75) is 6.42 Å². The van der Waals surface area contributed by atoms with E-state index in [1.54, 1.807) is 18.5 Å². The van der Waals surface area contributed by atoms with Gasteiger partial charge in [0, 0.05) is 25.2 Å². The second-order valence-corrected chi connectivity index (χ2v) is 6.27. The van der Waals surface area contributed by atoms with E-state index in [0.717, 1.165) is 5.52 Å². The maximum absolute atomic E-state index is 11.0. The predicted molar refractivity (Wildman–Crippen MR) is 70.2 cm³/mol. The van der Waals surface area contributed by atoms with Gasteiger partial charge in [-0.1, -0.05) is 0 Å². The summed E-state index contributed by atoms with van der Waals surface area (Å²) >= 11 is 0. The number of nitrogens with zero attached hydrogens (tertiary/aromatic N) is 3. The van der Waals surface area contributed by atoms with E-state index < -0.39 is 9.84 Å². The Morgan fingerprint density at radius 1 is 1.22 bits per heavy atom. The SMILES string of the molecule is CS(=O)(=O)CCCNc1ccc2nccnc2n1. The summed E-state index contributed by atoms with van der Waals surface area (Å²) in [5.74, 6) is 0.851. The highest BCUT2D eigenvalue weighted by atomic mass is 32.2. The summed E-state index contributed by atoms with van der Waals surface area (Å²) in [5.41, 5.74) is 1.31. The van der Waals surface area contributed by atoms with Gasteiger partial charge in [0.1, 0.15) is 21.2 Å². The third kappa shape index (κ3) is 3.63. The van der Waals surface area contributed by atoms with E-state index in [9.17, 15) is 8.42 Å². The molecule has 18 heavy (non-hydrogen) atoms. The third-order valence-electron chi connectivity index (χ3n) is 2.33. The van der Waals surface area contributed by atoms with Crippen molar-refractivity contribution in [2.75, 3.05) is 23.9 Å². The van der Waals surface area contributed by atoms with Crippen molar-refractivity contribution in [2.24, 2.45) is 0 Å². The number of nitrogens with one attached hydrogen (secondary N) is 1. The van der Waals surface area contributed by atoms with Gasteiger partial charge in [-0.2, -0.15) is 0 Å². The summed E-state index contributed by atoms with van der Waals surface area (Å²) < 4.78 is 21.9. The fourth-order valence-electron chi connectivity index (χ4n) is 1.50. The maximum Gasteiger partial charge on any atom is 0.180 e. The van der Waals surface area contributed by atoms with Gasteiger partial charge in [-0.05, 0) is 18.6 Å². The topological polar surface area (TPSA) is 84.8 Å². The average Bonchev–Trinajstić information content (AvgIpc) is 2.33. The van der Waals surface area contributed by atoms with Gasteiger partial charge in [0.2, 0.25) is 0 Å². The van der Waals surface area contributed by atoms with E-state index in [2.05, 4.69) is 20.3 Å². The van der Waals surface area contributed by atoms with Crippen molar-refractivity contribution >= 4 is 26.8 Å². The van der Waals surface area contributed by atoms with Crippen LogP contribution in [0.2, 0.25) is 0 Å². The van der Waals surface area contributed by atoms with Crippen molar-refractivity contribution in [1.29, 1.82) is 0 Å². The Balaban J connectivity index is 1.96. The largest absolute Gasteiger partial charge is 0.370 e. The first kappa shape index (κ1) is 12.7. The molecule has 1 N–H and O–H groups in total. The standard InChI is InChI=1S/C11H14N4O2S/c1-18(16,17)8-2-5-13-10-4-3-9-11(15-10)14-7-6-12-9/h3-4,6-7H,2,5,8H2,1H3,(H,13,14,15). The normalized spacial score (nSPS) is 11.6. The third-order valence-corrected chi connectivity index (χ3v) is 3.36. The monoisotopic (exact) mass is 266 g/mol. The number of pyridine rings is 1. The molecule has 0 aliphatic carbocycles. The molecule has 0 bridgehead atoms. The number of aromatic nitrogens is 3. The van der Waals surface area contributed by atoms with Gasteiger partial charge < -0.3 is 5.32 Å². The number of hydrogen-bond donors (Lipinski definition) is 1. The Hall–Kier alpha value is -1.76. The van der Waals surface area contributed by atoms with Crippen LogP contribution in [0.3, 0.4) is 0 Å². The fourth-order valence-corrected chi connectivity index (χ4v) is 2.17. The lowest BCUT2D eigenvalue weighted by atomic mass is 10.4. The van der Waals surface area contributed by atoms with E-state index in [1.165, 1.54) is 6.26 Å². The first-order valence-corrected chi connectivity index (χ1v) is 7.60.